The Bertz CT molecular complexity index is 542. The third-order valence-electron chi connectivity index (χ3n) is 4.48. The predicted octanol–water partition coefficient (Wildman–Crippen LogP) is 1.96. The minimum absolute atomic E-state index is 0. The van der Waals surface area contributed by atoms with Crippen LogP contribution in [0.15, 0.2) is 27.8 Å². The van der Waals surface area contributed by atoms with E-state index >= 15 is 0 Å². The highest BCUT2D eigenvalue weighted by atomic mass is 127. The second-order valence-electron chi connectivity index (χ2n) is 6.39. The molecule has 1 fully saturated rings. The minimum Gasteiger partial charge on any atom is -0.459 e. The van der Waals surface area contributed by atoms with Crippen molar-refractivity contribution in [2.75, 3.05) is 59.9 Å². The first-order valence-electron chi connectivity index (χ1n) is 9.12. The van der Waals surface area contributed by atoms with E-state index in [2.05, 4.69) is 34.1 Å². The highest BCUT2D eigenvalue weighted by Crippen LogP contribution is 2.09. The number of nitrogens with zero attached hydrogens (tertiary/aromatic N) is 4. The Labute approximate surface area is 173 Å². The summed E-state index contributed by atoms with van der Waals surface area (Å²) < 4.78 is 5.20. The molecule has 0 radical (unpaired) electrons. The standard InChI is InChI=1S/C18H31N5O2.HI/c1-4-5-9-21(3)10-8-20-18(19-2)23-13-11-22(12-14-23)17(24)16-7-6-15-25-16;/h6-7,15H,4-5,8-14H2,1-3H3,(H,19,20);1H. The lowest BCUT2D eigenvalue weighted by Gasteiger charge is -2.36. The van der Waals surface area contributed by atoms with Crippen molar-refractivity contribution in [2.45, 2.75) is 19.8 Å². The van der Waals surface area contributed by atoms with E-state index in [9.17, 15) is 4.79 Å². The van der Waals surface area contributed by atoms with Gasteiger partial charge in [-0.15, -0.1) is 24.0 Å². The number of hydrogen-bond acceptors (Lipinski definition) is 4. The summed E-state index contributed by atoms with van der Waals surface area (Å²) in [6.45, 7) is 8.12. The number of amides is 1. The van der Waals surface area contributed by atoms with Crippen molar-refractivity contribution in [1.82, 2.24) is 20.0 Å². The van der Waals surface area contributed by atoms with Gasteiger partial charge >= 0.3 is 0 Å². The number of guanidine groups is 1. The molecule has 8 heteroatoms. The van der Waals surface area contributed by atoms with E-state index in [0.29, 0.717) is 18.8 Å². The maximum Gasteiger partial charge on any atom is 0.289 e. The summed E-state index contributed by atoms with van der Waals surface area (Å²) in [5, 5.41) is 3.43. The zero-order chi connectivity index (χ0) is 18.1. The van der Waals surface area contributed by atoms with Crippen molar-refractivity contribution in [3.8, 4) is 0 Å². The molecule has 0 spiro atoms. The molecule has 7 nitrogen and oxygen atoms in total. The van der Waals surface area contributed by atoms with Gasteiger partial charge in [0.25, 0.3) is 5.91 Å². The fourth-order valence-corrected chi connectivity index (χ4v) is 2.91. The molecule has 0 saturated carbocycles. The molecule has 2 heterocycles. The molecular formula is C18H32IN5O2. The summed E-state index contributed by atoms with van der Waals surface area (Å²) in [6, 6.07) is 3.46. The second kappa shape index (κ2) is 12.2. The van der Waals surface area contributed by atoms with Crippen molar-refractivity contribution >= 4 is 35.8 Å². The number of halogens is 1. The molecule has 26 heavy (non-hydrogen) atoms. The van der Waals surface area contributed by atoms with Gasteiger partial charge in [-0.1, -0.05) is 13.3 Å². The SMILES string of the molecule is CCCCN(C)CCNC(=NC)N1CCN(C(=O)c2ccco2)CC1.I. The molecule has 1 aliphatic heterocycles. The molecule has 0 aliphatic carbocycles. The van der Waals surface area contributed by atoms with E-state index in [1.807, 2.05) is 11.9 Å². The van der Waals surface area contributed by atoms with E-state index in [1.54, 1.807) is 12.1 Å². The molecule has 0 unspecified atom stereocenters. The Hall–Kier alpha value is -1.29. The fraction of sp³-hybridized carbons (Fsp3) is 0.667. The molecule has 148 valence electrons. The summed E-state index contributed by atoms with van der Waals surface area (Å²) in [5.41, 5.74) is 0. The lowest BCUT2D eigenvalue weighted by atomic mass is 10.3. The van der Waals surface area contributed by atoms with Gasteiger partial charge in [-0.2, -0.15) is 0 Å². The van der Waals surface area contributed by atoms with Gasteiger partial charge in [-0.25, -0.2) is 0 Å². The first-order chi connectivity index (χ1) is 12.2. The maximum atomic E-state index is 12.3. The zero-order valence-electron chi connectivity index (χ0n) is 16.1. The van der Waals surface area contributed by atoms with Crippen LogP contribution in [-0.2, 0) is 0 Å². The lowest BCUT2D eigenvalue weighted by Crippen LogP contribution is -2.54. The first kappa shape index (κ1) is 22.8. The van der Waals surface area contributed by atoms with E-state index in [-0.39, 0.29) is 29.9 Å². The van der Waals surface area contributed by atoms with Gasteiger partial charge in [0.05, 0.1) is 6.26 Å². The maximum absolute atomic E-state index is 12.3. The highest BCUT2D eigenvalue weighted by Gasteiger charge is 2.25. The Morgan fingerprint density at radius 3 is 2.54 bits per heavy atom. The molecular weight excluding hydrogens is 445 g/mol. The van der Waals surface area contributed by atoms with Crippen LogP contribution in [0.5, 0.6) is 0 Å². The average molecular weight is 477 g/mol. The van der Waals surface area contributed by atoms with Crippen LogP contribution in [0.4, 0.5) is 0 Å². The van der Waals surface area contributed by atoms with Gasteiger partial charge in [0.2, 0.25) is 0 Å². The third-order valence-corrected chi connectivity index (χ3v) is 4.48. The number of furan rings is 1. The minimum atomic E-state index is -0.0369. The molecule has 0 atom stereocenters. The third kappa shape index (κ3) is 6.79. The van der Waals surface area contributed by atoms with Crippen molar-refractivity contribution in [3.05, 3.63) is 24.2 Å². The van der Waals surface area contributed by atoms with Crippen molar-refractivity contribution in [2.24, 2.45) is 4.99 Å². The van der Waals surface area contributed by atoms with Gasteiger partial charge in [0, 0.05) is 46.3 Å². The Morgan fingerprint density at radius 1 is 1.27 bits per heavy atom. The predicted molar refractivity (Wildman–Crippen MR) is 115 cm³/mol. The molecule has 0 aromatic carbocycles. The van der Waals surface area contributed by atoms with Gasteiger partial charge in [-0.3, -0.25) is 9.79 Å². The van der Waals surface area contributed by atoms with Crippen LogP contribution in [0.25, 0.3) is 0 Å². The smallest absolute Gasteiger partial charge is 0.289 e. The molecule has 2 rings (SSSR count). The molecule has 1 amide bonds. The van der Waals surface area contributed by atoms with Gasteiger partial charge in [0.15, 0.2) is 11.7 Å². The molecule has 1 aromatic rings. The largest absolute Gasteiger partial charge is 0.459 e. The molecule has 1 aromatic heterocycles. The van der Waals surface area contributed by atoms with E-state index in [0.717, 1.165) is 38.7 Å². The zero-order valence-corrected chi connectivity index (χ0v) is 18.4. The van der Waals surface area contributed by atoms with Crippen molar-refractivity contribution in [1.29, 1.82) is 0 Å². The Kier molecular flexibility index (Phi) is 10.6. The topological polar surface area (TPSA) is 64.3 Å². The van der Waals surface area contributed by atoms with Crippen LogP contribution in [0.1, 0.15) is 30.3 Å². The van der Waals surface area contributed by atoms with E-state index in [4.69, 9.17) is 4.42 Å². The van der Waals surface area contributed by atoms with Crippen molar-refractivity contribution < 1.29 is 9.21 Å². The van der Waals surface area contributed by atoms with Gasteiger partial charge in [-0.05, 0) is 32.1 Å². The number of rotatable bonds is 7. The number of hydrogen-bond donors (Lipinski definition) is 1. The monoisotopic (exact) mass is 477 g/mol. The first-order valence-corrected chi connectivity index (χ1v) is 9.12. The Morgan fingerprint density at radius 2 is 1.96 bits per heavy atom. The summed E-state index contributed by atoms with van der Waals surface area (Å²) in [5.74, 6) is 1.28. The molecule has 1 N–H and O–H groups in total. The quantitative estimate of drug-likeness (QED) is 0.370. The molecule has 1 saturated heterocycles. The molecule has 0 bridgehead atoms. The number of aliphatic imine (C=N–C) groups is 1. The van der Waals surface area contributed by atoms with Gasteiger partial charge < -0.3 is 24.4 Å². The number of nitrogens with one attached hydrogen (secondary N) is 1. The average Bonchev–Trinajstić information content (AvgIpc) is 3.18. The fourth-order valence-electron chi connectivity index (χ4n) is 2.91. The second-order valence-corrected chi connectivity index (χ2v) is 6.39. The number of carbonyl (C=O) groups excluding carboxylic acids is 1. The van der Waals surface area contributed by atoms with Crippen LogP contribution in [0.2, 0.25) is 0 Å². The van der Waals surface area contributed by atoms with E-state index < -0.39 is 0 Å². The number of likely N-dealkylation sites (N-methyl/N-ethyl adjacent to an activating group) is 1. The van der Waals surface area contributed by atoms with Crippen LogP contribution >= 0.6 is 24.0 Å². The van der Waals surface area contributed by atoms with Crippen LogP contribution in [0, 0.1) is 0 Å². The molecule has 1 aliphatic rings. The summed E-state index contributed by atoms with van der Waals surface area (Å²) in [4.78, 5) is 23.1. The van der Waals surface area contributed by atoms with Crippen LogP contribution < -0.4 is 5.32 Å². The Balaban J connectivity index is 0.00000338. The lowest BCUT2D eigenvalue weighted by molar-refractivity contribution is 0.0657. The van der Waals surface area contributed by atoms with Gasteiger partial charge in [0.1, 0.15) is 0 Å². The number of unbranched alkanes of at least 4 members (excludes halogenated alkanes) is 1. The highest BCUT2D eigenvalue weighted by molar-refractivity contribution is 14.0. The van der Waals surface area contributed by atoms with E-state index in [1.165, 1.54) is 19.1 Å². The summed E-state index contributed by atoms with van der Waals surface area (Å²) >= 11 is 0. The van der Waals surface area contributed by atoms with Crippen molar-refractivity contribution in [3.63, 3.8) is 0 Å². The summed E-state index contributed by atoms with van der Waals surface area (Å²) in [7, 11) is 3.96. The number of carbonyl (C=O) groups is 1. The van der Waals surface area contributed by atoms with Crippen LogP contribution in [0.3, 0.4) is 0 Å². The summed E-state index contributed by atoms with van der Waals surface area (Å²) in [6.07, 6.45) is 3.99. The normalized spacial score (nSPS) is 15.2. The number of piperazine rings is 1. The van der Waals surface area contributed by atoms with Crippen LogP contribution in [-0.4, -0.2) is 86.5 Å².